The van der Waals surface area contributed by atoms with Gasteiger partial charge in [-0.25, -0.2) is 0 Å². The lowest BCUT2D eigenvalue weighted by Crippen LogP contribution is -2.29. The summed E-state index contributed by atoms with van der Waals surface area (Å²) in [4.78, 5) is 14.8. The van der Waals surface area contributed by atoms with Crippen LogP contribution in [-0.2, 0) is 14.8 Å². The number of hydrogen-bond acceptors (Lipinski definition) is 6. The molecular weight excluding hydrogens is 588 g/mol. The fourth-order valence-corrected chi connectivity index (χ4v) is 6.19. The summed E-state index contributed by atoms with van der Waals surface area (Å²) in [7, 11) is -2.44. The topological polar surface area (TPSA) is 85.3 Å². The Morgan fingerprint density at radius 2 is 1.76 bits per heavy atom. The van der Waals surface area contributed by atoms with Crippen molar-refractivity contribution in [1.29, 1.82) is 0 Å². The molecule has 0 spiro atoms. The minimum atomic E-state index is -4.01. The summed E-state index contributed by atoms with van der Waals surface area (Å²) in [6.45, 7) is 6.63. The lowest BCUT2D eigenvalue weighted by molar-refractivity contribution is -0.121. The van der Waals surface area contributed by atoms with Crippen molar-refractivity contribution in [2.75, 3.05) is 20.3 Å². The van der Waals surface area contributed by atoms with E-state index in [0.717, 1.165) is 34.6 Å². The van der Waals surface area contributed by atoms with E-state index in [-0.39, 0.29) is 22.5 Å². The number of amides is 1. The van der Waals surface area contributed by atoms with E-state index in [1.807, 2.05) is 12.1 Å². The average Bonchev–Trinajstić information content (AvgIpc) is 3.17. The number of benzene rings is 2. The smallest absolute Gasteiger partial charge is 0.284 e. The number of carbonyl (C=O) groups excluding carboxylic acids is 1. The van der Waals surface area contributed by atoms with E-state index < -0.39 is 10.0 Å². The molecule has 0 saturated carbocycles. The fourth-order valence-electron chi connectivity index (χ4n) is 3.74. The SMILES string of the molecule is C=CCN1C(=O)C(=Cc2ccc(OCCCCCCCC)c(OC)c2)SC1=NS(=O)(=O)c1ccc(Br)cc1. The van der Waals surface area contributed by atoms with Crippen LogP contribution in [-0.4, -0.2) is 44.7 Å². The molecule has 0 aliphatic carbocycles. The Hall–Kier alpha value is -2.56. The van der Waals surface area contributed by atoms with Crippen molar-refractivity contribution in [2.45, 2.75) is 50.3 Å². The van der Waals surface area contributed by atoms with Gasteiger partial charge in [0.2, 0.25) is 0 Å². The maximum absolute atomic E-state index is 13.1. The Morgan fingerprint density at radius 1 is 1.05 bits per heavy atom. The van der Waals surface area contributed by atoms with E-state index >= 15 is 0 Å². The summed E-state index contributed by atoms with van der Waals surface area (Å²) in [6, 6.07) is 11.6. The van der Waals surface area contributed by atoms with Crippen molar-refractivity contribution < 1.29 is 22.7 Å². The molecule has 0 radical (unpaired) electrons. The van der Waals surface area contributed by atoms with Gasteiger partial charge in [0.1, 0.15) is 0 Å². The molecule has 0 N–H and O–H groups in total. The molecule has 2 aromatic rings. The maximum atomic E-state index is 13.1. The van der Waals surface area contributed by atoms with Gasteiger partial charge in [-0.2, -0.15) is 8.42 Å². The normalized spacial score (nSPS) is 15.9. The zero-order valence-electron chi connectivity index (χ0n) is 21.7. The summed E-state index contributed by atoms with van der Waals surface area (Å²) < 4.78 is 41.9. The van der Waals surface area contributed by atoms with Crippen LogP contribution in [0.4, 0.5) is 0 Å². The zero-order chi connectivity index (χ0) is 27.5. The van der Waals surface area contributed by atoms with E-state index in [9.17, 15) is 13.2 Å². The van der Waals surface area contributed by atoms with Crippen molar-refractivity contribution in [3.8, 4) is 11.5 Å². The van der Waals surface area contributed by atoms with E-state index in [2.05, 4.69) is 33.8 Å². The Kier molecular flexibility index (Phi) is 11.5. The molecule has 204 valence electrons. The van der Waals surface area contributed by atoms with Crippen molar-refractivity contribution >= 4 is 54.9 Å². The standard InChI is InChI=1S/C28H33BrN2O5S2/c1-4-6-7-8-9-10-18-36-24-16-11-21(19-25(24)35-3)20-26-27(32)31(17-5-2)28(37-26)30-38(33,34)23-14-12-22(29)13-15-23/h5,11-16,19-20H,2,4,6-10,17-18H2,1,3H3. The molecule has 1 amide bonds. The van der Waals surface area contributed by atoms with E-state index in [1.165, 1.54) is 48.8 Å². The highest BCUT2D eigenvalue weighted by Gasteiger charge is 2.34. The number of rotatable bonds is 14. The van der Waals surface area contributed by atoms with Crippen LogP contribution in [0.1, 0.15) is 51.0 Å². The van der Waals surface area contributed by atoms with Crippen LogP contribution in [0, 0.1) is 0 Å². The van der Waals surface area contributed by atoms with Gasteiger partial charge in [-0.05, 0) is 66.2 Å². The Bertz CT molecular complexity index is 1290. The van der Waals surface area contributed by atoms with Crippen molar-refractivity contribution in [3.63, 3.8) is 0 Å². The van der Waals surface area contributed by atoms with Gasteiger partial charge in [-0.15, -0.1) is 11.0 Å². The maximum Gasteiger partial charge on any atom is 0.284 e. The van der Waals surface area contributed by atoms with Crippen LogP contribution in [0.25, 0.3) is 6.08 Å². The Labute approximate surface area is 238 Å². The second kappa shape index (κ2) is 14.6. The van der Waals surface area contributed by atoms with Crippen molar-refractivity contribution in [1.82, 2.24) is 4.90 Å². The molecule has 0 atom stereocenters. The second-order valence-corrected chi connectivity index (χ2v) is 12.2. The first kappa shape index (κ1) is 30.0. The molecule has 0 bridgehead atoms. The molecule has 7 nitrogen and oxygen atoms in total. The van der Waals surface area contributed by atoms with Gasteiger partial charge >= 0.3 is 0 Å². The third-order valence-corrected chi connectivity index (χ3v) is 8.68. The van der Waals surface area contributed by atoms with Gasteiger partial charge in [0.15, 0.2) is 16.7 Å². The zero-order valence-corrected chi connectivity index (χ0v) is 24.9. The molecule has 10 heteroatoms. The minimum absolute atomic E-state index is 0.0403. The first-order chi connectivity index (χ1) is 18.3. The molecule has 3 rings (SSSR count). The molecule has 0 aromatic heterocycles. The van der Waals surface area contributed by atoms with E-state index in [1.54, 1.807) is 31.4 Å². The summed E-state index contributed by atoms with van der Waals surface area (Å²) in [6.07, 6.45) is 10.3. The third-order valence-electron chi connectivity index (χ3n) is 5.75. The lowest BCUT2D eigenvalue weighted by atomic mass is 10.1. The number of ether oxygens (including phenoxy) is 2. The number of hydrogen-bond donors (Lipinski definition) is 0. The molecular formula is C28H33BrN2O5S2. The molecule has 1 heterocycles. The van der Waals surface area contributed by atoms with Gasteiger partial charge in [0.05, 0.1) is 23.5 Å². The summed E-state index contributed by atoms with van der Waals surface area (Å²) in [5.74, 6) is 0.863. The number of methoxy groups -OCH3 is 1. The number of halogens is 1. The highest BCUT2D eigenvalue weighted by molar-refractivity contribution is 9.10. The minimum Gasteiger partial charge on any atom is -0.493 e. The third kappa shape index (κ3) is 8.22. The number of carbonyl (C=O) groups is 1. The number of amidine groups is 1. The fraction of sp³-hybridized carbons (Fsp3) is 0.357. The predicted molar refractivity (Wildman–Crippen MR) is 158 cm³/mol. The average molecular weight is 622 g/mol. The second-order valence-electron chi connectivity index (χ2n) is 8.64. The summed E-state index contributed by atoms with van der Waals surface area (Å²) in [5, 5.41) is 0.0786. The van der Waals surface area contributed by atoms with Gasteiger partial charge in [-0.1, -0.05) is 67.1 Å². The first-order valence-electron chi connectivity index (χ1n) is 12.5. The van der Waals surface area contributed by atoms with Gasteiger partial charge < -0.3 is 9.47 Å². The van der Waals surface area contributed by atoms with Gasteiger partial charge in [0.25, 0.3) is 15.9 Å². The quantitative estimate of drug-likeness (QED) is 0.128. The van der Waals surface area contributed by atoms with Crippen molar-refractivity contribution in [2.24, 2.45) is 4.40 Å². The van der Waals surface area contributed by atoms with Crippen LogP contribution >= 0.6 is 27.7 Å². The van der Waals surface area contributed by atoms with E-state index in [0.29, 0.717) is 23.0 Å². The highest BCUT2D eigenvalue weighted by atomic mass is 79.9. The summed E-state index contributed by atoms with van der Waals surface area (Å²) >= 11 is 4.30. The molecule has 1 saturated heterocycles. The van der Waals surface area contributed by atoms with Crippen LogP contribution in [0.2, 0.25) is 0 Å². The summed E-state index contributed by atoms with van der Waals surface area (Å²) in [5.41, 5.74) is 0.722. The Balaban J connectivity index is 1.76. The van der Waals surface area contributed by atoms with Crippen LogP contribution in [0.3, 0.4) is 0 Å². The number of unbranched alkanes of at least 4 members (excludes halogenated alkanes) is 5. The number of thioether (sulfide) groups is 1. The molecule has 1 aliphatic rings. The number of sulfonamides is 1. The molecule has 1 aliphatic heterocycles. The van der Waals surface area contributed by atoms with Crippen LogP contribution in [0.15, 0.2) is 73.8 Å². The first-order valence-corrected chi connectivity index (χ1v) is 15.6. The highest BCUT2D eigenvalue weighted by Crippen LogP contribution is 2.35. The predicted octanol–water partition coefficient (Wildman–Crippen LogP) is 7.04. The molecule has 2 aromatic carbocycles. The number of nitrogens with zero attached hydrogens (tertiary/aromatic N) is 2. The molecule has 0 unspecified atom stereocenters. The van der Waals surface area contributed by atoms with Gasteiger partial charge in [0, 0.05) is 11.0 Å². The largest absolute Gasteiger partial charge is 0.493 e. The lowest BCUT2D eigenvalue weighted by Gasteiger charge is -2.12. The van der Waals surface area contributed by atoms with E-state index in [4.69, 9.17) is 9.47 Å². The monoisotopic (exact) mass is 620 g/mol. The van der Waals surface area contributed by atoms with Crippen LogP contribution < -0.4 is 9.47 Å². The molecule has 38 heavy (non-hydrogen) atoms. The van der Waals surface area contributed by atoms with Crippen LogP contribution in [0.5, 0.6) is 11.5 Å². The van der Waals surface area contributed by atoms with Crippen molar-refractivity contribution in [3.05, 3.63) is 70.1 Å². The Morgan fingerprint density at radius 3 is 2.45 bits per heavy atom. The molecule has 1 fully saturated rings. The van der Waals surface area contributed by atoms with Gasteiger partial charge in [-0.3, -0.25) is 9.69 Å².